The first-order valence-corrected chi connectivity index (χ1v) is 26.0. The summed E-state index contributed by atoms with van der Waals surface area (Å²) in [5, 5.41) is 53.0. The van der Waals surface area contributed by atoms with Crippen molar-refractivity contribution in [2.75, 3.05) is 53.4 Å². The molecule has 402 valence electrons. The number of sulfone groups is 1. The van der Waals surface area contributed by atoms with E-state index in [0.29, 0.717) is 23.0 Å². The molecule has 27 nitrogen and oxygen atoms in total. The molecule has 0 aliphatic rings. The molecule has 32 heteroatoms. The molecule has 0 aliphatic carbocycles. The zero-order chi connectivity index (χ0) is 54.5. The first-order chi connectivity index (χ1) is 35.6. The number of hydrogen-bond acceptors (Lipinski definition) is 22. The van der Waals surface area contributed by atoms with E-state index in [1.165, 1.54) is 19.1 Å². The Bertz CT molecular complexity index is 3610. The van der Waals surface area contributed by atoms with E-state index in [2.05, 4.69) is 81.2 Å². The molecule has 0 spiro atoms. The number of amidine groups is 1. The number of halogens is 1. The van der Waals surface area contributed by atoms with Gasteiger partial charge in [-0.2, -0.15) is 41.3 Å². The molecule has 4 aromatic carbocycles. The van der Waals surface area contributed by atoms with E-state index >= 15 is 0 Å². The predicted molar refractivity (Wildman–Crippen MR) is 271 cm³/mol. The molecule has 8 N–H and O–H groups in total. The van der Waals surface area contributed by atoms with Gasteiger partial charge >= 0.3 is 33.5 Å². The van der Waals surface area contributed by atoms with Crippen molar-refractivity contribution in [3.63, 3.8) is 0 Å². The van der Waals surface area contributed by atoms with E-state index < -0.39 is 70.3 Å². The third-order valence-corrected chi connectivity index (χ3v) is 12.8. The van der Waals surface area contributed by atoms with Crippen LogP contribution in [0.1, 0.15) is 39.0 Å². The molecule has 0 radical (unpaired) electrons. The Labute approximate surface area is 444 Å². The van der Waals surface area contributed by atoms with Crippen LogP contribution in [0.15, 0.2) is 114 Å². The van der Waals surface area contributed by atoms with E-state index in [1.54, 1.807) is 62.4 Å². The molecule has 76 heavy (non-hydrogen) atoms. The molecule has 0 saturated carbocycles. The largest absolute Gasteiger partial charge is 1.00 e. The van der Waals surface area contributed by atoms with E-state index in [-0.39, 0.29) is 106 Å². The second-order valence-electron chi connectivity index (χ2n) is 15.5. The standard InChI is InChI=1S/C44H44FN15O12S3.Cu/c1-25-11-12-29(23-62)33(19-25)56-59-39(28-9-6-5-7-10-28)60-57-35-22-31(74(66,67)68)21-34(38(35)63)50-44-53-42(45)52-43(54-44)49-16-8-15-47-40-36(46-4)27(3)37(41(51-40)48-17-18-61)58-55-32-14-13-30(20-26(32)2)73(64,65)24-72-75(69,70)71;/h5-7,9-14,19-23,61H,8,15-18,24H2,1-3H3,(H8,47,48,49,50,51,52,53,54,55,56,57,58,59,60,62,63,66,67,68,69,70,71);/q;+1/p-1. The molecule has 0 amide bonds. The Hall–Kier alpha value is -7.99. The fraction of sp³-hybridized carbons (Fsp3) is 0.205. The number of aromatic nitrogens is 4. The molecule has 0 unspecified atom stereocenters. The Morgan fingerprint density at radius 1 is 0.816 bits per heavy atom. The molecule has 6 aromatic rings. The summed E-state index contributed by atoms with van der Waals surface area (Å²) in [5.41, 5.74) is 5.64. The Morgan fingerprint density at radius 3 is 2.20 bits per heavy atom. The summed E-state index contributed by atoms with van der Waals surface area (Å²) in [6, 6.07) is 18.4. The van der Waals surface area contributed by atoms with Crippen LogP contribution in [0, 0.1) is 33.4 Å². The molecule has 2 aromatic heterocycles. The monoisotopic (exact) mass is 1150 g/mol. The Morgan fingerprint density at radius 2 is 1.53 bits per heavy atom. The Kier molecular flexibility index (Phi) is 20.1. The second kappa shape index (κ2) is 26.0. The average Bonchev–Trinajstić information content (AvgIpc) is 3.35. The number of aliphatic hydroxyl groups is 1. The first-order valence-electron chi connectivity index (χ1n) is 21.6. The summed E-state index contributed by atoms with van der Waals surface area (Å²) in [5.74, 6) is -2.78. The number of carbonyl (C=O) groups is 1. The van der Waals surface area contributed by atoms with Gasteiger partial charge in [-0.05, 0) is 80.3 Å². The van der Waals surface area contributed by atoms with E-state index in [0.717, 1.165) is 23.8 Å². The number of aliphatic hydroxyl groups excluding tert-OH is 1. The van der Waals surface area contributed by atoms with E-state index in [4.69, 9.17) is 11.1 Å². The molecule has 0 atom stereocenters. The van der Waals surface area contributed by atoms with Crippen molar-refractivity contribution in [1.82, 2.24) is 19.9 Å². The molecule has 2 heterocycles. The van der Waals surface area contributed by atoms with Gasteiger partial charge in [0.2, 0.25) is 27.4 Å². The van der Waals surface area contributed by atoms with Gasteiger partial charge in [0.05, 0.1) is 40.0 Å². The number of rotatable bonds is 23. The van der Waals surface area contributed by atoms with Crippen LogP contribution in [0.3, 0.4) is 0 Å². The number of aryl methyl sites for hydroxylation is 2. The molecule has 0 aliphatic heterocycles. The van der Waals surface area contributed by atoms with Crippen LogP contribution in [-0.2, 0) is 51.6 Å². The van der Waals surface area contributed by atoms with Crippen LogP contribution in [0.4, 0.5) is 62.0 Å². The number of aromatic hydroxyl groups is 1. The minimum Gasteiger partial charge on any atom is -0.571 e. The Balaban J connectivity index is 0.0000107. The fourth-order valence-electron chi connectivity index (χ4n) is 6.37. The third kappa shape index (κ3) is 16.0. The van der Waals surface area contributed by atoms with Crippen molar-refractivity contribution >= 4 is 100 Å². The number of phenolic OH excluding ortho intramolecular Hbond substituents is 1. The summed E-state index contributed by atoms with van der Waals surface area (Å²) in [6.45, 7) is 12.7. The normalized spacial score (nSPS) is 12.0. The maximum Gasteiger partial charge on any atom is 1.00 e. The van der Waals surface area contributed by atoms with Gasteiger partial charge in [0, 0.05) is 30.8 Å². The third-order valence-electron chi connectivity index (χ3n) is 10.0. The summed E-state index contributed by atoms with van der Waals surface area (Å²) in [6.07, 6.45) is -0.414. The number of aldehydes is 1. The predicted octanol–water partition coefficient (Wildman–Crippen LogP) is 7.82. The maximum absolute atomic E-state index is 14.8. The fourth-order valence-corrected chi connectivity index (χ4v) is 8.66. The van der Waals surface area contributed by atoms with Gasteiger partial charge in [-0.15, -0.1) is 15.3 Å². The quantitative estimate of drug-likeness (QED) is 0.00289. The van der Waals surface area contributed by atoms with Gasteiger partial charge in [-0.25, -0.2) is 22.4 Å². The van der Waals surface area contributed by atoms with Crippen molar-refractivity contribution in [3.8, 4) is 5.75 Å². The van der Waals surface area contributed by atoms with Crippen LogP contribution in [0.25, 0.3) is 10.3 Å². The number of carbonyl (C=O) groups excluding carboxylic acids is 1. The number of hydrogen-bond donors (Lipinski definition) is 8. The van der Waals surface area contributed by atoms with Crippen molar-refractivity contribution in [3.05, 3.63) is 130 Å². The zero-order valence-corrected chi connectivity index (χ0v) is 43.1. The summed E-state index contributed by atoms with van der Waals surface area (Å²) in [7, 11) is -14.3. The number of nitrogens with zero attached hydrogens (tertiary/aromatic N) is 11. The minimum absolute atomic E-state index is 0. The zero-order valence-electron chi connectivity index (χ0n) is 39.7. The van der Waals surface area contributed by atoms with Crippen molar-refractivity contribution in [2.45, 2.75) is 37.0 Å². The number of anilines is 5. The van der Waals surface area contributed by atoms with Gasteiger partial charge in [-0.3, -0.25) is 13.9 Å². The summed E-state index contributed by atoms with van der Waals surface area (Å²) in [4.78, 5) is 30.0. The van der Waals surface area contributed by atoms with Crippen molar-refractivity contribution < 1.29 is 75.0 Å². The molecular weight excluding hydrogens is 1110 g/mol. The molecular formula is C44H43CuFN15O12S3. The van der Waals surface area contributed by atoms with Gasteiger partial charge in [-0.1, -0.05) is 48.2 Å². The minimum atomic E-state index is -5.02. The van der Waals surface area contributed by atoms with Crippen molar-refractivity contribution in [2.24, 2.45) is 25.6 Å². The van der Waals surface area contributed by atoms with Gasteiger partial charge < -0.3 is 42.0 Å². The number of nitrogens with one attached hydrogen (secondary N) is 4. The van der Waals surface area contributed by atoms with E-state index in [9.17, 15) is 49.2 Å². The van der Waals surface area contributed by atoms with Gasteiger partial charge in [0.1, 0.15) is 17.3 Å². The molecule has 0 fully saturated rings. The number of azo groups is 2. The van der Waals surface area contributed by atoms with Crippen LogP contribution in [-0.4, -0.2) is 109 Å². The second-order valence-corrected chi connectivity index (χ2v) is 19.9. The molecule has 6 rings (SSSR count). The SMILES string of the molecule is [C-]#[N+]c1c(NCCCNc2nc(F)nc(Nc3cc(S(=O)(=O)O)cc([N-]/N=C(\N=Nc4cc(C)ccc4C=O)c4ccccc4)c3O)n2)nc(NCCO)c(N=Nc2ccc(S(=O)(=O)COS(=O)(=O)O)cc2C)c1C.[Cu+]. The van der Waals surface area contributed by atoms with Crippen LogP contribution in [0.2, 0.25) is 0 Å². The number of pyridine rings is 1. The maximum atomic E-state index is 14.8. The average molecular weight is 1150 g/mol. The van der Waals surface area contributed by atoms with Gasteiger partial charge in [0.15, 0.2) is 23.9 Å². The smallest absolute Gasteiger partial charge is 0.571 e. The summed E-state index contributed by atoms with van der Waals surface area (Å²) >= 11 is 0. The van der Waals surface area contributed by atoms with Crippen molar-refractivity contribution in [1.29, 1.82) is 0 Å². The number of benzene rings is 4. The molecule has 0 bridgehead atoms. The van der Waals surface area contributed by atoms with Crippen LogP contribution in [0.5, 0.6) is 5.75 Å². The van der Waals surface area contributed by atoms with Crippen LogP contribution < -0.4 is 21.3 Å². The van der Waals surface area contributed by atoms with Gasteiger partial charge in [0.25, 0.3) is 10.1 Å². The van der Waals surface area contributed by atoms with E-state index in [1.807, 2.05) is 0 Å². The first kappa shape index (κ1) is 58.9. The molecule has 0 saturated heterocycles. The van der Waals surface area contributed by atoms with Crippen LogP contribution >= 0.6 is 0 Å². The number of phenols is 1. The summed E-state index contributed by atoms with van der Waals surface area (Å²) < 4.78 is 109. The topological polar surface area (TPSA) is 390 Å².